The quantitative estimate of drug-likeness (QED) is 0.569. The maximum absolute atomic E-state index is 11.0. The van der Waals surface area contributed by atoms with E-state index in [9.17, 15) is 19.7 Å². The maximum atomic E-state index is 11.0. The van der Waals surface area contributed by atoms with Crippen molar-refractivity contribution < 1.29 is 14.8 Å². The molecule has 0 amide bonds. The Kier molecular flexibility index (Phi) is 3.80. The van der Waals surface area contributed by atoms with E-state index in [4.69, 9.17) is 5.11 Å². The van der Waals surface area contributed by atoms with Crippen molar-refractivity contribution in [1.29, 1.82) is 0 Å². The minimum absolute atomic E-state index is 0.0584. The van der Waals surface area contributed by atoms with Crippen molar-refractivity contribution in [3.05, 3.63) is 54.6 Å². The van der Waals surface area contributed by atoms with Gasteiger partial charge in [0.05, 0.1) is 17.0 Å². The fourth-order valence-corrected chi connectivity index (χ4v) is 2.14. The van der Waals surface area contributed by atoms with E-state index in [0.717, 1.165) is 23.5 Å². The zero-order valence-corrected chi connectivity index (χ0v) is 10.8. The molecular weight excluding hydrogens is 286 g/mol. The first-order chi connectivity index (χ1) is 9.47. The number of nitro benzene ring substituents is 1. The van der Waals surface area contributed by atoms with Crippen LogP contribution in [0.15, 0.2) is 28.4 Å². The molecule has 0 saturated heterocycles. The summed E-state index contributed by atoms with van der Waals surface area (Å²) in [4.78, 5) is 34.4. The molecule has 1 aromatic heterocycles. The monoisotopic (exact) mass is 295 g/mol. The number of hydrogen-bond acceptors (Lipinski definition) is 6. The van der Waals surface area contributed by atoms with E-state index in [1.165, 1.54) is 6.07 Å². The van der Waals surface area contributed by atoms with Crippen molar-refractivity contribution in [2.45, 2.75) is 6.54 Å². The SMILES string of the molecule is O=C(O)c1ccc([N+](=O)[O-])c(NCc2csc(=O)[nH]2)c1. The highest BCUT2D eigenvalue weighted by Crippen LogP contribution is 2.26. The molecule has 0 aliphatic heterocycles. The molecule has 8 nitrogen and oxygen atoms in total. The number of nitro groups is 1. The molecule has 1 aromatic carbocycles. The molecule has 0 radical (unpaired) electrons. The van der Waals surface area contributed by atoms with Crippen molar-refractivity contribution in [2.24, 2.45) is 0 Å². The lowest BCUT2D eigenvalue weighted by atomic mass is 10.1. The highest BCUT2D eigenvalue weighted by atomic mass is 32.1. The lowest BCUT2D eigenvalue weighted by Crippen LogP contribution is -2.06. The number of rotatable bonds is 5. The van der Waals surface area contributed by atoms with Crippen LogP contribution in [0.3, 0.4) is 0 Å². The fraction of sp³-hybridized carbons (Fsp3) is 0.0909. The number of anilines is 1. The third-order valence-corrected chi connectivity index (χ3v) is 3.20. The standard InChI is InChI=1S/C11H9N3O5S/c15-10(16)6-1-2-9(14(18)19)8(3-6)12-4-7-5-20-11(17)13-7/h1-3,5,12H,4H2,(H,13,17)(H,15,16). The number of benzene rings is 1. The van der Waals surface area contributed by atoms with Gasteiger partial charge in [-0.05, 0) is 12.1 Å². The number of H-pyrrole nitrogens is 1. The van der Waals surface area contributed by atoms with Crippen LogP contribution in [-0.2, 0) is 6.54 Å². The molecule has 0 aliphatic carbocycles. The predicted molar refractivity (Wildman–Crippen MR) is 72.3 cm³/mol. The van der Waals surface area contributed by atoms with Crippen molar-refractivity contribution in [3.63, 3.8) is 0 Å². The number of thiazole rings is 1. The van der Waals surface area contributed by atoms with E-state index in [0.29, 0.717) is 5.69 Å². The normalized spacial score (nSPS) is 10.2. The Morgan fingerprint density at radius 3 is 2.80 bits per heavy atom. The maximum Gasteiger partial charge on any atom is 0.335 e. The molecule has 0 fully saturated rings. The second kappa shape index (κ2) is 5.53. The number of aromatic amines is 1. The molecule has 2 rings (SSSR count). The highest BCUT2D eigenvalue weighted by Gasteiger charge is 2.16. The third kappa shape index (κ3) is 3.01. The zero-order chi connectivity index (χ0) is 14.7. The molecule has 2 aromatic rings. The van der Waals surface area contributed by atoms with Crippen LogP contribution in [0.2, 0.25) is 0 Å². The average molecular weight is 295 g/mol. The third-order valence-electron chi connectivity index (χ3n) is 2.48. The first-order valence-corrected chi connectivity index (χ1v) is 6.27. The summed E-state index contributed by atoms with van der Waals surface area (Å²) in [5.41, 5.74) is 0.362. The molecule has 1 heterocycles. The summed E-state index contributed by atoms with van der Waals surface area (Å²) < 4.78 is 0. The summed E-state index contributed by atoms with van der Waals surface area (Å²) >= 11 is 0.979. The van der Waals surface area contributed by atoms with E-state index < -0.39 is 10.9 Å². The number of carboxylic acid groups (broad SMARTS) is 1. The van der Waals surface area contributed by atoms with Gasteiger partial charge in [-0.25, -0.2) is 4.79 Å². The lowest BCUT2D eigenvalue weighted by Gasteiger charge is -2.06. The Labute approximate surface area is 115 Å². The zero-order valence-electron chi connectivity index (χ0n) is 9.95. The van der Waals surface area contributed by atoms with Crippen LogP contribution in [0.25, 0.3) is 0 Å². The number of nitrogens with one attached hydrogen (secondary N) is 2. The number of hydrogen-bond donors (Lipinski definition) is 3. The van der Waals surface area contributed by atoms with Gasteiger partial charge in [-0.1, -0.05) is 11.3 Å². The van der Waals surface area contributed by atoms with Gasteiger partial charge in [-0.15, -0.1) is 0 Å². The predicted octanol–water partition coefficient (Wildman–Crippen LogP) is 1.65. The van der Waals surface area contributed by atoms with Crippen molar-refractivity contribution in [1.82, 2.24) is 4.98 Å². The molecule has 0 spiro atoms. The van der Waals surface area contributed by atoms with Gasteiger partial charge in [0, 0.05) is 17.1 Å². The molecular formula is C11H9N3O5S. The van der Waals surface area contributed by atoms with Gasteiger partial charge in [0.2, 0.25) is 0 Å². The summed E-state index contributed by atoms with van der Waals surface area (Å²) in [5.74, 6) is -1.17. The smallest absolute Gasteiger partial charge is 0.335 e. The van der Waals surface area contributed by atoms with Gasteiger partial charge in [0.25, 0.3) is 5.69 Å². The summed E-state index contributed by atoms with van der Waals surface area (Å²) in [7, 11) is 0. The molecule has 3 N–H and O–H groups in total. The number of aromatic nitrogens is 1. The molecule has 0 saturated carbocycles. The molecule has 0 atom stereocenters. The number of aromatic carboxylic acids is 1. The van der Waals surface area contributed by atoms with E-state index in [1.54, 1.807) is 5.38 Å². The second-order valence-corrected chi connectivity index (χ2v) is 4.66. The van der Waals surface area contributed by atoms with E-state index in [2.05, 4.69) is 10.3 Å². The Bertz CT molecular complexity index is 721. The van der Waals surface area contributed by atoms with Gasteiger partial charge in [0.15, 0.2) is 0 Å². The fourth-order valence-electron chi connectivity index (χ4n) is 1.56. The van der Waals surface area contributed by atoms with E-state index >= 15 is 0 Å². The van der Waals surface area contributed by atoms with Crippen LogP contribution in [0.5, 0.6) is 0 Å². The highest BCUT2D eigenvalue weighted by molar-refractivity contribution is 7.07. The van der Waals surface area contributed by atoms with Crippen LogP contribution in [0.1, 0.15) is 16.1 Å². The minimum atomic E-state index is -1.17. The van der Waals surface area contributed by atoms with Gasteiger partial charge in [0.1, 0.15) is 5.69 Å². The molecule has 20 heavy (non-hydrogen) atoms. The number of nitrogens with zero attached hydrogens (tertiary/aromatic N) is 1. The van der Waals surface area contributed by atoms with Crippen molar-refractivity contribution in [3.8, 4) is 0 Å². The molecule has 0 unspecified atom stereocenters. The van der Waals surface area contributed by atoms with Crippen molar-refractivity contribution in [2.75, 3.05) is 5.32 Å². The van der Waals surface area contributed by atoms with Gasteiger partial charge in [-0.3, -0.25) is 14.9 Å². The minimum Gasteiger partial charge on any atom is -0.478 e. The van der Waals surface area contributed by atoms with E-state index in [1.807, 2.05) is 0 Å². The van der Waals surface area contributed by atoms with Gasteiger partial charge < -0.3 is 15.4 Å². The van der Waals surface area contributed by atoms with Crippen LogP contribution in [-0.4, -0.2) is 21.0 Å². The number of carboxylic acids is 1. The van der Waals surface area contributed by atoms with Crippen LogP contribution in [0, 0.1) is 10.1 Å². The first kappa shape index (κ1) is 13.7. The van der Waals surface area contributed by atoms with Gasteiger partial charge in [-0.2, -0.15) is 0 Å². The second-order valence-electron chi connectivity index (χ2n) is 3.82. The Morgan fingerprint density at radius 1 is 1.50 bits per heavy atom. The summed E-state index contributed by atoms with van der Waals surface area (Å²) in [6.45, 7) is 0.155. The van der Waals surface area contributed by atoms with Crippen molar-refractivity contribution >= 4 is 28.7 Å². The topological polar surface area (TPSA) is 125 Å². The van der Waals surface area contributed by atoms with Gasteiger partial charge >= 0.3 is 10.8 Å². The van der Waals surface area contributed by atoms with Crippen LogP contribution in [0.4, 0.5) is 11.4 Å². The molecule has 9 heteroatoms. The largest absolute Gasteiger partial charge is 0.478 e. The van der Waals surface area contributed by atoms with Crippen LogP contribution >= 0.6 is 11.3 Å². The average Bonchev–Trinajstić information content (AvgIpc) is 2.81. The Hall–Kier alpha value is -2.68. The summed E-state index contributed by atoms with van der Waals surface area (Å²) in [6, 6.07) is 3.48. The Morgan fingerprint density at radius 2 is 2.25 bits per heavy atom. The van der Waals surface area contributed by atoms with E-state index in [-0.39, 0.29) is 28.4 Å². The molecule has 104 valence electrons. The molecule has 0 aliphatic rings. The number of carbonyl (C=O) groups is 1. The van der Waals surface area contributed by atoms with Crippen LogP contribution < -0.4 is 10.2 Å². The first-order valence-electron chi connectivity index (χ1n) is 5.39. The molecule has 0 bridgehead atoms. The summed E-state index contributed by atoms with van der Waals surface area (Å²) in [6.07, 6.45) is 0. The summed E-state index contributed by atoms with van der Waals surface area (Å²) in [5, 5.41) is 24.1. The lowest BCUT2D eigenvalue weighted by molar-refractivity contribution is -0.384. The Balaban J connectivity index is 2.27.